The maximum Gasteiger partial charge on any atom is 0.0597 e. The van der Waals surface area contributed by atoms with Crippen molar-refractivity contribution >= 4 is 11.8 Å². The van der Waals surface area contributed by atoms with E-state index in [1.165, 1.54) is 0 Å². The van der Waals surface area contributed by atoms with Crippen LogP contribution in [-0.2, 0) is 0 Å². The molecule has 0 aromatic carbocycles. The van der Waals surface area contributed by atoms with E-state index in [0.717, 1.165) is 12.2 Å². The predicted octanol–water partition coefficient (Wildman–Crippen LogP) is 2.54. The Morgan fingerprint density at radius 3 is 1.91 bits per heavy atom. The number of thioether (sulfide) groups is 1. The number of hydrogen-bond donors (Lipinski definition) is 1. The van der Waals surface area contributed by atoms with Crippen LogP contribution in [0.4, 0.5) is 0 Å². The molecule has 0 saturated carbocycles. The van der Waals surface area contributed by atoms with Crippen LogP contribution in [0.3, 0.4) is 0 Å². The highest BCUT2D eigenvalue weighted by Crippen LogP contribution is 2.30. The molecule has 0 fully saturated rings. The van der Waals surface area contributed by atoms with E-state index in [1.807, 2.05) is 25.6 Å². The van der Waals surface area contributed by atoms with Crippen LogP contribution in [0.1, 0.15) is 34.1 Å². The number of aliphatic hydroxyl groups is 1. The van der Waals surface area contributed by atoms with E-state index in [-0.39, 0.29) is 5.41 Å². The van der Waals surface area contributed by atoms with Crippen molar-refractivity contribution < 1.29 is 5.11 Å². The van der Waals surface area contributed by atoms with Crippen molar-refractivity contribution in [1.29, 1.82) is 0 Å². The summed E-state index contributed by atoms with van der Waals surface area (Å²) < 4.78 is 0. The summed E-state index contributed by atoms with van der Waals surface area (Å²) in [6, 6.07) is 0. The Bertz CT molecular complexity index is 113. The third-order valence-electron chi connectivity index (χ3n) is 1.45. The van der Waals surface area contributed by atoms with E-state index in [4.69, 9.17) is 0 Å². The molecule has 0 spiro atoms. The first-order valence-electron chi connectivity index (χ1n) is 3.98. The molecular formula is C9H20OS. The monoisotopic (exact) mass is 176 g/mol. The normalized spacial score (nSPS) is 13.6. The maximum atomic E-state index is 9.57. The summed E-state index contributed by atoms with van der Waals surface area (Å²) in [5, 5.41) is 9.57. The van der Waals surface area contributed by atoms with Gasteiger partial charge in [0.1, 0.15) is 0 Å². The summed E-state index contributed by atoms with van der Waals surface area (Å²) in [6.45, 7) is 8.13. The largest absolute Gasteiger partial charge is 0.390 e. The smallest absolute Gasteiger partial charge is 0.0597 e. The van der Waals surface area contributed by atoms with Crippen molar-refractivity contribution in [2.75, 3.05) is 12.0 Å². The highest BCUT2D eigenvalue weighted by Gasteiger charge is 2.25. The summed E-state index contributed by atoms with van der Waals surface area (Å²) in [4.78, 5) is 0. The molecule has 2 heteroatoms. The minimum atomic E-state index is -0.529. The lowest BCUT2D eigenvalue weighted by molar-refractivity contribution is 0.0383. The fraction of sp³-hybridized carbons (Fsp3) is 1.00. The van der Waals surface area contributed by atoms with Crippen LogP contribution in [-0.4, -0.2) is 22.7 Å². The topological polar surface area (TPSA) is 20.2 Å². The summed E-state index contributed by atoms with van der Waals surface area (Å²) >= 11 is 1.84. The van der Waals surface area contributed by atoms with Crippen LogP contribution in [0, 0.1) is 5.41 Å². The molecule has 0 amide bonds. The average molecular weight is 176 g/mol. The third kappa shape index (κ3) is 6.70. The van der Waals surface area contributed by atoms with E-state index in [0.29, 0.717) is 0 Å². The quantitative estimate of drug-likeness (QED) is 0.710. The zero-order valence-electron chi connectivity index (χ0n) is 8.27. The van der Waals surface area contributed by atoms with Crippen molar-refractivity contribution in [2.45, 2.75) is 39.7 Å². The zero-order valence-corrected chi connectivity index (χ0v) is 9.09. The Kier molecular flexibility index (Phi) is 3.92. The van der Waals surface area contributed by atoms with Gasteiger partial charge in [0.05, 0.1) is 5.60 Å². The number of hydrogen-bond acceptors (Lipinski definition) is 2. The van der Waals surface area contributed by atoms with Crippen molar-refractivity contribution in [3.63, 3.8) is 0 Å². The second-order valence-corrected chi connectivity index (χ2v) is 5.45. The van der Waals surface area contributed by atoms with E-state index in [9.17, 15) is 5.11 Å². The summed E-state index contributed by atoms with van der Waals surface area (Å²) in [7, 11) is 0. The molecule has 0 radical (unpaired) electrons. The van der Waals surface area contributed by atoms with Gasteiger partial charge in [0, 0.05) is 0 Å². The van der Waals surface area contributed by atoms with Gasteiger partial charge in [-0.15, -0.1) is 0 Å². The SMILES string of the molecule is CSCC(C)(C)CC(C)(C)O. The molecule has 0 aromatic rings. The van der Waals surface area contributed by atoms with Crippen molar-refractivity contribution in [3.8, 4) is 0 Å². The minimum Gasteiger partial charge on any atom is -0.390 e. The molecule has 0 aromatic heterocycles. The lowest BCUT2D eigenvalue weighted by atomic mass is 9.84. The molecule has 0 rings (SSSR count). The minimum absolute atomic E-state index is 0.248. The van der Waals surface area contributed by atoms with Crippen molar-refractivity contribution in [1.82, 2.24) is 0 Å². The Hall–Kier alpha value is 0.310. The van der Waals surface area contributed by atoms with Crippen molar-refractivity contribution in [3.05, 3.63) is 0 Å². The Labute approximate surface area is 74.6 Å². The van der Waals surface area contributed by atoms with E-state index in [2.05, 4.69) is 20.1 Å². The molecule has 0 aliphatic rings. The first-order valence-corrected chi connectivity index (χ1v) is 5.38. The third-order valence-corrected chi connectivity index (χ3v) is 2.52. The van der Waals surface area contributed by atoms with Gasteiger partial charge in [-0.1, -0.05) is 13.8 Å². The summed E-state index contributed by atoms with van der Waals surface area (Å²) in [5.41, 5.74) is -0.281. The molecule has 0 saturated heterocycles. The Balaban J connectivity index is 3.91. The summed E-state index contributed by atoms with van der Waals surface area (Å²) in [5.74, 6) is 1.11. The lowest BCUT2D eigenvalue weighted by Crippen LogP contribution is -2.29. The van der Waals surface area contributed by atoms with Gasteiger partial charge >= 0.3 is 0 Å². The van der Waals surface area contributed by atoms with Crippen LogP contribution >= 0.6 is 11.8 Å². The fourth-order valence-corrected chi connectivity index (χ4v) is 2.50. The fourth-order valence-electron chi connectivity index (χ4n) is 1.61. The van der Waals surface area contributed by atoms with Gasteiger partial charge in [0.2, 0.25) is 0 Å². The highest BCUT2D eigenvalue weighted by atomic mass is 32.2. The van der Waals surface area contributed by atoms with Gasteiger partial charge < -0.3 is 5.11 Å². The molecule has 1 nitrogen and oxygen atoms in total. The Morgan fingerprint density at radius 1 is 1.18 bits per heavy atom. The van der Waals surface area contributed by atoms with Gasteiger partial charge in [-0.2, -0.15) is 11.8 Å². The van der Waals surface area contributed by atoms with Crippen LogP contribution in [0.15, 0.2) is 0 Å². The molecule has 1 N–H and O–H groups in total. The second kappa shape index (κ2) is 3.81. The van der Waals surface area contributed by atoms with Crippen LogP contribution in [0.25, 0.3) is 0 Å². The molecule has 0 atom stereocenters. The van der Waals surface area contributed by atoms with Crippen LogP contribution in [0.2, 0.25) is 0 Å². The molecule has 0 aliphatic carbocycles. The van der Waals surface area contributed by atoms with Gasteiger partial charge in [-0.05, 0) is 37.7 Å². The first kappa shape index (κ1) is 11.3. The lowest BCUT2D eigenvalue weighted by Gasteiger charge is -2.30. The van der Waals surface area contributed by atoms with E-state index >= 15 is 0 Å². The van der Waals surface area contributed by atoms with Gasteiger partial charge in [-0.25, -0.2) is 0 Å². The number of rotatable bonds is 4. The molecule has 68 valence electrons. The van der Waals surface area contributed by atoms with Gasteiger partial charge in [0.15, 0.2) is 0 Å². The summed E-state index contributed by atoms with van der Waals surface area (Å²) in [6.07, 6.45) is 2.97. The first-order chi connectivity index (χ1) is 4.77. The van der Waals surface area contributed by atoms with Gasteiger partial charge in [-0.3, -0.25) is 0 Å². The molecule has 0 heterocycles. The van der Waals surface area contributed by atoms with E-state index in [1.54, 1.807) is 0 Å². The molecule has 11 heavy (non-hydrogen) atoms. The Morgan fingerprint density at radius 2 is 1.64 bits per heavy atom. The van der Waals surface area contributed by atoms with Crippen LogP contribution in [0.5, 0.6) is 0 Å². The molecule has 0 aliphatic heterocycles. The standard InChI is InChI=1S/C9H20OS/c1-8(2,7-11-5)6-9(3,4)10/h10H,6-7H2,1-5H3. The molecular weight excluding hydrogens is 156 g/mol. The zero-order chi connectivity index (χ0) is 9.12. The second-order valence-electron chi connectivity index (χ2n) is 4.59. The predicted molar refractivity (Wildman–Crippen MR) is 53.1 cm³/mol. The highest BCUT2D eigenvalue weighted by molar-refractivity contribution is 7.98. The van der Waals surface area contributed by atoms with Gasteiger partial charge in [0.25, 0.3) is 0 Å². The molecule has 0 unspecified atom stereocenters. The van der Waals surface area contributed by atoms with Crippen molar-refractivity contribution in [2.24, 2.45) is 5.41 Å². The molecule has 0 bridgehead atoms. The maximum absolute atomic E-state index is 9.57. The van der Waals surface area contributed by atoms with E-state index < -0.39 is 5.60 Å². The average Bonchev–Trinajstić information content (AvgIpc) is 1.55. The van der Waals surface area contributed by atoms with Crippen LogP contribution < -0.4 is 0 Å².